The van der Waals surface area contributed by atoms with Crippen LogP contribution >= 0.6 is 0 Å². The molecule has 0 aromatic rings. The molecule has 0 aromatic heterocycles. The molecular formula is C10H17F3N2O3. The monoisotopic (exact) mass is 270 g/mol. The van der Waals surface area contributed by atoms with Gasteiger partial charge in [0.1, 0.15) is 6.04 Å². The minimum atomic E-state index is -4.75. The summed E-state index contributed by atoms with van der Waals surface area (Å²) < 4.78 is 42.7. The minimum absolute atomic E-state index is 0.0697. The number of nitrogens with two attached hydrogens (primary N) is 1. The molecule has 1 aliphatic rings. The summed E-state index contributed by atoms with van der Waals surface area (Å²) in [4.78, 5) is 12.7. The first-order valence-electron chi connectivity index (χ1n) is 5.54. The lowest BCUT2D eigenvalue weighted by molar-refractivity contribution is -0.272. The van der Waals surface area contributed by atoms with E-state index in [-0.39, 0.29) is 19.6 Å². The highest BCUT2D eigenvalue weighted by Crippen LogP contribution is 2.37. The zero-order chi connectivity index (χ0) is 14.0. The lowest BCUT2D eigenvalue weighted by atomic mass is 9.92. The molecule has 0 aliphatic carbocycles. The molecule has 5 nitrogen and oxygen atoms in total. The molecule has 0 bridgehead atoms. The van der Waals surface area contributed by atoms with Gasteiger partial charge in [-0.25, -0.2) is 0 Å². The smallest absolute Gasteiger partial charge is 0.383 e. The Hall–Kier alpha value is -0.860. The van der Waals surface area contributed by atoms with Crippen molar-refractivity contribution in [3.63, 3.8) is 0 Å². The van der Waals surface area contributed by atoms with E-state index < -0.39 is 36.7 Å². The average Bonchev–Trinajstić information content (AvgIpc) is 2.27. The Morgan fingerprint density at radius 2 is 2.22 bits per heavy atom. The van der Waals surface area contributed by atoms with Gasteiger partial charge in [-0.3, -0.25) is 4.79 Å². The highest BCUT2D eigenvalue weighted by molar-refractivity contribution is 5.82. The number of halogens is 3. The third-order valence-electron chi connectivity index (χ3n) is 2.97. The van der Waals surface area contributed by atoms with Crippen molar-refractivity contribution in [2.75, 3.05) is 26.8 Å². The van der Waals surface area contributed by atoms with E-state index in [0.717, 1.165) is 4.90 Å². The molecule has 1 rings (SSSR count). The van der Waals surface area contributed by atoms with Gasteiger partial charge in [-0.1, -0.05) is 0 Å². The van der Waals surface area contributed by atoms with Gasteiger partial charge in [-0.05, 0) is 12.8 Å². The molecule has 0 spiro atoms. The van der Waals surface area contributed by atoms with Crippen LogP contribution in [0.1, 0.15) is 12.8 Å². The Morgan fingerprint density at radius 1 is 1.61 bits per heavy atom. The molecule has 3 N–H and O–H groups in total. The van der Waals surface area contributed by atoms with Gasteiger partial charge in [0.25, 0.3) is 0 Å². The van der Waals surface area contributed by atoms with Crippen molar-refractivity contribution in [3.8, 4) is 0 Å². The van der Waals surface area contributed by atoms with Gasteiger partial charge in [0.2, 0.25) is 5.91 Å². The summed E-state index contributed by atoms with van der Waals surface area (Å²) in [5.74, 6) is -0.640. The molecule has 2 unspecified atom stereocenters. The van der Waals surface area contributed by atoms with Gasteiger partial charge in [-0.15, -0.1) is 0 Å². The van der Waals surface area contributed by atoms with Crippen molar-refractivity contribution in [1.82, 2.24) is 4.90 Å². The molecular weight excluding hydrogens is 253 g/mol. The van der Waals surface area contributed by atoms with Gasteiger partial charge in [0, 0.05) is 13.7 Å². The average molecular weight is 270 g/mol. The zero-order valence-electron chi connectivity index (χ0n) is 10.0. The number of alkyl halides is 3. The van der Waals surface area contributed by atoms with Crippen LogP contribution in [0.5, 0.6) is 0 Å². The third-order valence-corrected chi connectivity index (χ3v) is 2.97. The van der Waals surface area contributed by atoms with Crippen LogP contribution in [-0.2, 0) is 9.53 Å². The first-order valence-corrected chi connectivity index (χ1v) is 5.54. The number of hydrogen-bond acceptors (Lipinski definition) is 4. The lowest BCUT2D eigenvalue weighted by Gasteiger charge is -2.40. The van der Waals surface area contributed by atoms with Crippen LogP contribution in [-0.4, -0.2) is 60.5 Å². The molecule has 1 heterocycles. The number of β-amino-alcohol motifs (C(OH)–C–C–N with tert-alkyl or cyclic N) is 1. The fourth-order valence-corrected chi connectivity index (χ4v) is 1.94. The van der Waals surface area contributed by atoms with Crippen molar-refractivity contribution in [1.29, 1.82) is 0 Å². The number of ether oxygens (including phenoxy) is 1. The Kier molecular flexibility index (Phi) is 4.57. The van der Waals surface area contributed by atoms with Crippen molar-refractivity contribution >= 4 is 5.91 Å². The fourth-order valence-electron chi connectivity index (χ4n) is 1.94. The van der Waals surface area contributed by atoms with Crippen LogP contribution in [0.15, 0.2) is 0 Å². The Labute approximate surface area is 103 Å². The van der Waals surface area contributed by atoms with Gasteiger partial charge in [-0.2, -0.15) is 13.2 Å². The maximum atomic E-state index is 12.7. The summed E-state index contributed by atoms with van der Waals surface area (Å²) in [6.45, 7) is -0.679. The normalized spacial score (nSPS) is 27.1. The van der Waals surface area contributed by atoms with E-state index >= 15 is 0 Å². The van der Waals surface area contributed by atoms with Crippen LogP contribution in [0.4, 0.5) is 13.2 Å². The van der Waals surface area contributed by atoms with Gasteiger partial charge in [0.15, 0.2) is 5.60 Å². The standard InChI is InChI=1S/C10H17F3N2O3/c1-18-5-7(14)8(16)15-4-2-3-9(17,6-15)10(11,12)13/h7,17H,2-6,14H2,1H3. The number of rotatable bonds is 3. The number of nitrogens with zero attached hydrogens (tertiary/aromatic N) is 1. The lowest BCUT2D eigenvalue weighted by Crippen LogP contribution is -2.60. The van der Waals surface area contributed by atoms with Gasteiger partial charge in [0.05, 0.1) is 13.2 Å². The van der Waals surface area contributed by atoms with Crippen LogP contribution in [0.25, 0.3) is 0 Å². The van der Waals surface area contributed by atoms with E-state index in [1.807, 2.05) is 0 Å². The molecule has 8 heteroatoms. The maximum Gasteiger partial charge on any atom is 0.418 e. The quantitative estimate of drug-likeness (QED) is 0.749. The molecule has 0 saturated carbocycles. The Morgan fingerprint density at radius 3 is 2.72 bits per heavy atom. The van der Waals surface area contributed by atoms with E-state index in [1.54, 1.807) is 0 Å². The predicted octanol–water partition coefficient (Wildman–Crippen LogP) is -0.124. The topological polar surface area (TPSA) is 75.8 Å². The van der Waals surface area contributed by atoms with Crippen molar-refractivity contribution in [3.05, 3.63) is 0 Å². The summed E-state index contributed by atoms with van der Waals surface area (Å²) in [5, 5.41) is 9.55. The zero-order valence-corrected chi connectivity index (χ0v) is 10.0. The van der Waals surface area contributed by atoms with Crippen LogP contribution in [0.3, 0.4) is 0 Å². The van der Waals surface area contributed by atoms with E-state index in [2.05, 4.69) is 4.74 Å². The summed E-state index contributed by atoms with van der Waals surface area (Å²) in [5.41, 5.74) is 2.64. The van der Waals surface area contributed by atoms with E-state index in [0.29, 0.717) is 0 Å². The minimum Gasteiger partial charge on any atom is -0.383 e. The number of carbonyl (C=O) groups is 1. The number of likely N-dealkylation sites (tertiary alicyclic amines) is 1. The Balaban J connectivity index is 2.72. The van der Waals surface area contributed by atoms with Gasteiger partial charge >= 0.3 is 6.18 Å². The SMILES string of the molecule is COCC(N)C(=O)N1CCCC(O)(C(F)(F)F)C1. The van der Waals surface area contributed by atoms with Crippen LogP contribution < -0.4 is 5.73 Å². The number of methoxy groups -OCH3 is 1. The molecule has 1 aliphatic heterocycles. The molecule has 18 heavy (non-hydrogen) atoms. The summed E-state index contributed by atoms with van der Waals surface area (Å²) in [6.07, 6.45) is -5.07. The second kappa shape index (κ2) is 5.41. The maximum absolute atomic E-state index is 12.7. The Bertz CT molecular complexity index is 311. The van der Waals surface area contributed by atoms with Gasteiger partial charge < -0.3 is 20.5 Å². The van der Waals surface area contributed by atoms with E-state index in [9.17, 15) is 23.1 Å². The fraction of sp³-hybridized carbons (Fsp3) is 0.900. The number of amides is 1. The highest BCUT2D eigenvalue weighted by Gasteiger charge is 2.56. The first kappa shape index (κ1) is 15.2. The van der Waals surface area contributed by atoms with Crippen LogP contribution in [0, 0.1) is 0 Å². The second-order valence-electron chi connectivity index (χ2n) is 4.45. The number of aliphatic hydroxyl groups is 1. The highest BCUT2D eigenvalue weighted by atomic mass is 19.4. The molecule has 0 aromatic carbocycles. The first-order chi connectivity index (χ1) is 8.21. The number of piperidine rings is 1. The number of carbonyl (C=O) groups excluding carboxylic acids is 1. The molecule has 1 amide bonds. The molecule has 0 radical (unpaired) electrons. The molecule has 1 fully saturated rings. The molecule has 1 saturated heterocycles. The third kappa shape index (κ3) is 3.12. The summed E-state index contributed by atoms with van der Waals surface area (Å²) in [6, 6.07) is -1.01. The van der Waals surface area contributed by atoms with Crippen LogP contribution in [0.2, 0.25) is 0 Å². The summed E-state index contributed by atoms with van der Waals surface area (Å²) in [7, 11) is 1.34. The van der Waals surface area contributed by atoms with Crippen molar-refractivity contribution in [2.24, 2.45) is 5.73 Å². The van der Waals surface area contributed by atoms with E-state index in [1.165, 1.54) is 7.11 Å². The predicted molar refractivity (Wildman–Crippen MR) is 56.7 cm³/mol. The van der Waals surface area contributed by atoms with E-state index in [4.69, 9.17) is 5.73 Å². The largest absolute Gasteiger partial charge is 0.418 e. The number of hydrogen-bond donors (Lipinski definition) is 2. The van der Waals surface area contributed by atoms with Crippen molar-refractivity contribution in [2.45, 2.75) is 30.7 Å². The second-order valence-corrected chi connectivity index (χ2v) is 4.45. The molecule has 2 atom stereocenters. The van der Waals surface area contributed by atoms with Crippen molar-refractivity contribution < 1.29 is 27.8 Å². The molecule has 106 valence electrons. The summed E-state index contributed by atoms with van der Waals surface area (Å²) >= 11 is 0.